The molecule has 1 aromatic carbocycles. The van der Waals surface area contributed by atoms with Gasteiger partial charge in [0.2, 0.25) is 0 Å². The lowest BCUT2D eigenvalue weighted by molar-refractivity contribution is 0.517. The molecule has 0 aromatic heterocycles. The molecule has 0 saturated heterocycles. The van der Waals surface area contributed by atoms with Crippen LogP contribution < -0.4 is 5.32 Å². The molecule has 82 valence electrons. The lowest BCUT2D eigenvalue weighted by atomic mass is 10.0. The van der Waals surface area contributed by atoms with Gasteiger partial charge in [-0.2, -0.15) is 0 Å². The van der Waals surface area contributed by atoms with Crippen molar-refractivity contribution in [1.82, 2.24) is 5.32 Å². The molecule has 1 aliphatic rings. The smallest absolute Gasteiger partial charge is 0.148 e. The Morgan fingerprint density at radius 1 is 1.40 bits per heavy atom. The van der Waals surface area contributed by atoms with E-state index >= 15 is 0 Å². The molecule has 1 saturated carbocycles. The van der Waals surface area contributed by atoms with Gasteiger partial charge in [-0.15, -0.1) is 0 Å². The molecule has 1 N–H and O–H groups in total. The summed E-state index contributed by atoms with van der Waals surface area (Å²) in [6, 6.07) is 2.68. The molecule has 0 unspecified atom stereocenters. The molecule has 1 fully saturated rings. The van der Waals surface area contributed by atoms with E-state index in [9.17, 15) is 8.78 Å². The first-order valence-corrected chi connectivity index (χ1v) is 5.27. The molecular formula is C11H12ClF2N. The summed E-state index contributed by atoms with van der Waals surface area (Å²) in [5.41, 5.74) is 0.482. The Bertz CT molecular complexity index is 388. The second kappa shape index (κ2) is 3.72. The largest absolute Gasteiger partial charge is 0.314 e. The van der Waals surface area contributed by atoms with Gasteiger partial charge < -0.3 is 5.32 Å². The maximum absolute atomic E-state index is 13.6. The van der Waals surface area contributed by atoms with Crippen LogP contribution in [0.15, 0.2) is 12.1 Å². The van der Waals surface area contributed by atoms with E-state index in [2.05, 4.69) is 5.32 Å². The number of benzene rings is 1. The van der Waals surface area contributed by atoms with Crippen LogP contribution in [0.1, 0.15) is 18.4 Å². The first kappa shape index (κ1) is 10.8. The van der Waals surface area contributed by atoms with Crippen molar-refractivity contribution in [3.63, 3.8) is 0 Å². The average Bonchev–Trinajstić information content (AvgIpc) is 3.00. The summed E-state index contributed by atoms with van der Waals surface area (Å²) in [6.45, 7) is 0. The van der Waals surface area contributed by atoms with E-state index < -0.39 is 16.7 Å². The predicted molar refractivity (Wildman–Crippen MR) is 56.1 cm³/mol. The van der Waals surface area contributed by atoms with Gasteiger partial charge in [0.1, 0.15) is 16.7 Å². The molecule has 0 aliphatic heterocycles. The van der Waals surface area contributed by atoms with Crippen LogP contribution in [-0.2, 0) is 6.42 Å². The van der Waals surface area contributed by atoms with Crippen molar-refractivity contribution >= 4 is 11.6 Å². The van der Waals surface area contributed by atoms with Gasteiger partial charge in [-0.05, 0) is 37.9 Å². The number of nitrogens with one attached hydrogen (secondary N) is 1. The van der Waals surface area contributed by atoms with Crippen molar-refractivity contribution in [2.24, 2.45) is 0 Å². The summed E-state index contributed by atoms with van der Waals surface area (Å²) in [6.07, 6.45) is 2.62. The molecule has 1 aliphatic carbocycles. The van der Waals surface area contributed by atoms with Gasteiger partial charge in [0.15, 0.2) is 0 Å². The van der Waals surface area contributed by atoms with Crippen LogP contribution in [0.5, 0.6) is 0 Å². The highest BCUT2D eigenvalue weighted by atomic mass is 35.5. The molecule has 15 heavy (non-hydrogen) atoms. The Balaban J connectivity index is 2.26. The molecular weight excluding hydrogens is 220 g/mol. The first-order valence-electron chi connectivity index (χ1n) is 4.89. The monoisotopic (exact) mass is 231 g/mol. The van der Waals surface area contributed by atoms with Crippen LogP contribution in [0.25, 0.3) is 0 Å². The van der Waals surface area contributed by atoms with Crippen molar-refractivity contribution in [1.29, 1.82) is 0 Å². The molecule has 0 heterocycles. The van der Waals surface area contributed by atoms with Crippen molar-refractivity contribution in [3.8, 4) is 0 Å². The third-order valence-corrected chi connectivity index (χ3v) is 3.37. The number of hydrogen-bond acceptors (Lipinski definition) is 1. The van der Waals surface area contributed by atoms with Crippen molar-refractivity contribution < 1.29 is 8.78 Å². The zero-order valence-corrected chi connectivity index (χ0v) is 9.17. The highest BCUT2D eigenvalue weighted by Gasteiger charge is 2.41. The van der Waals surface area contributed by atoms with Gasteiger partial charge >= 0.3 is 0 Å². The minimum atomic E-state index is -0.702. The fraction of sp³-hybridized carbons (Fsp3) is 0.455. The van der Waals surface area contributed by atoms with Crippen LogP contribution in [-0.4, -0.2) is 12.6 Å². The van der Waals surface area contributed by atoms with Gasteiger partial charge in [-0.25, -0.2) is 8.78 Å². The number of likely N-dealkylation sites (N-methyl/N-ethyl adjacent to an activating group) is 1. The van der Waals surface area contributed by atoms with Crippen LogP contribution in [0.2, 0.25) is 5.02 Å². The highest BCUT2D eigenvalue weighted by Crippen LogP contribution is 2.39. The number of halogens is 3. The Labute approximate surface area is 92.4 Å². The van der Waals surface area contributed by atoms with Gasteiger partial charge in [0.25, 0.3) is 0 Å². The third kappa shape index (κ3) is 1.99. The standard InChI is InChI=1S/C11H12ClF2N/c1-15-11(4-5-11)6-7-2-3-8(13)9(12)10(7)14/h2-3,15H,4-6H2,1H3. The zero-order chi connectivity index (χ0) is 11.1. The van der Waals surface area contributed by atoms with E-state index in [1.807, 2.05) is 7.05 Å². The molecule has 1 aromatic rings. The van der Waals surface area contributed by atoms with E-state index in [4.69, 9.17) is 11.6 Å². The lowest BCUT2D eigenvalue weighted by Gasteiger charge is -2.14. The van der Waals surface area contributed by atoms with Crippen molar-refractivity contribution in [2.45, 2.75) is 24.8 Å². The maximum Gasteiger partial charge on any atom is 0.148 e. The van der Waals surface area contributed by atoms with E-state index in [0.29, 0.717) is 12.0 Å². The summed E-state index contributed by atoms with van der Waals surface area (Å²) in [5.74, 6) is -1.33. The fourth-order valence-electron chi connectivity index (χ4n) is 1.73. The summed E-state index contributed by atoms with van der Waals surface area (Å²) in [7, 11) is 1.86. The van der Waals surface area contributed by atoms with Crippen LogP contribution >= 0.6 is 11.6 Å². The van der Waals surface area contributed by atoms with Gasteiger partial charge in [-0.3, -0.25) is 0 Å². The molecule has 4 heteroatoms. The quantitative estimate of drug-likeness (QED) is 0.789. The summed E-state index contributed by atoms with van der Waals surface area (Å²) in [5, 5.41) is 2.76. The Morgan fingerprint density at radius 3 is 2.60 bits per heavy atom. The molecule has 0 spiro atoms. The molecule has 0 atom stereocenters. The predicted octanol–water partition coefficient (Wildman–Crippen LogP) is 2.91. The Hall–Kier alpha value is -0.670. The maximum atomic E-state index is 13.6. The van der Waals surface area contributed by atoms with Gasteiger partial charge in [-0.1, -0.05) is 17.7 Å². The Kier molecular flexibility index (Phi) is 2.69. The second-order valence-electron chi connectivity index (χ2n) is 4.04. The zero-order valence-electron chi connectivity index (χ0n) is 8.41. The third-order valence-electron chi connectivity index (χ3n) is 3.03. The first-order chi connectivity index (χ1) is 7.08. The molecule has 0 radical (unpaired) electrons. The van der Waals surface area contributed by atoms with Gasteiger partial charge in [0, 0.05) is 5.54 Å². The summed E-state index contributed by atoms with van der Waals surface area (Å²) < 4.78 is 26.5. The van der Waals surface area contributed by atoms with Crippen LogP contribution in [0, 0.1) is 11.6 Å². The van der Waals surface area contributed by atoms with Crippen LogP contribution in [0.3, 0.4) is 0 Å². The fourth-order valence-corrected chi connectivity index (χ4v) is 1.92. The SMILES string of the molecule is CNC1(Cc2ccc(F)c(Cl)c2F)CC1. The van der Waals surface area contributed by atoms with Crippen LogP contribution in [0.4, 0.5) is 8.78 Å². The molecule has 1 nitrogen and oxygen atoms in total. The minimum absolute atomic E-state index is 0.00198. The summed E-state index contributed by atoms with van der Waals surface area (Å²) >= 11 is 5.50. The van der Waals surface area contributed by atoms with Gasteiger partial charge in [0.05, 0.1) is 0 Å². The normalized spacial score (nSPS) is 17.9. The molecule has 2 rings (SSSR count). The summed E-state index contributed by atoms with van der Waals surface area (Å²) in [4.78, 5) is 0. The van der Waals surface area contributed by atoms with E-state index in [1.54, 1.807) is 0 Å². The minimum Gasteiger partial charge on any atom is -0.314 e. The van der Waals surface area contributed by atoms with E-state index in [0.717, 1.165) is 12.8 Å². The van der Waals surface area contributed by atoms with Crippen molar-refractivity contribution in [2.75, 3.05) is 7.05 Å². The molecule has 0 amide bonds. The number of rotatable bonds is 3. The molecule has 0 bridgehead atoms. The van der Waals surface area contributed by atoms with Crippen molar-refractivity contribution in [3.05, 3.63) is 34.4 Å². The Morgan fingerprint density at radius 2 is 2.07 bits per heavy atom. The van der Waals surface area contributed by atoms with E-state index in [-0.39, 0.29) is 5.54 Å². The topological polar surface area (TPSA) is 12.0 Å². The average molecular weight is 232 g/mol. The van der Waals surface area contributed by atoms with E-state index in [1.165, 1.54) is 12.1 Å². The second-order valence-corrected chi connectivity index (χ2v) is 4.42. The number of hydrogen-bond donors (Lipinski definition) is 1. The lowest BCUT2D eigenvalue weighted by Crippen LogP contribution is -2.30. The highest BCUT2D eigenvalue weighted by molar-refractivity contribution is 6.30.